The van der Waals surface area contributed by atoms with E-state index in [-0.39, 0.29) is 0 Å². The van der Waals surface area contributed by atoms with E-state index in [0.29, 0.717) is 6.04 Å². The summed E-state index contributed by atoms with van der Waals surface area (Å²) in [5.74, 6) is 1.70. The molecule has 0 amide bonds. The van der Waals surface area contributed by atoms with E-state index in [4.69, 9.17) is 0 Å². The van der Waals surface area contributed by atoms with Gasteiger partial charge in [-0.05, 0) is 37.1 Å². The third-order valence-electron chi connectivity index (χ3n) is 4.91. The first-order valence-electron chi connectivity index (χ1n) is 9.07. The standard InChI is InChI=1S/C21H23N5/c1-22-20-12-18(9-10-23-20)19-8-5-11-26(19)15-16-13-24-21(25-14-16)17-6-3-2-4-7-17/h2-4,6-7,9-10,12-14,19H,5,8,11,15H2,1H3,(H,22,23)/t19-/m0/s1. The molecule has 0 radical (unpaired) electrons. The Morgan fingerprint density at radius 2 is 1.88 bits per heavy atom. The lowest BCUT2D eigenvalue weighted by Gasteiger charge is -2.25. The van der Waals surface area contributed by atoms with Crippen molar-refractivity contribution >= 4 is 5.82 Å². The van der Waals surface area contributed by atoms with Crippen molar-refractivity contribution < 1.29 is 0 Å². The second-order valence-electron chi connectivity index (χ2n) is 6.63. The summed E-state index contributed by atoms with van der Waals surface area (Å²) in [6, 6.07) is 14.8. The smallest absolute Gasteiger partial charge is 0.159 e. The van der Waals surface area contributed by atoms with Gasteiger partial charge < -0.3 is 5.32 Å². The maximum absolute atomic E-state index is 4.56. The van der Waals surface area contributed by atoms with Gasteiger partial charge in [0.15, 0.2) is 5.82 Å². The molecule has 0 aliphatic carbocycles. The number of hydrogen-bond acceptors (Lipinski definition) is 5. The molecule has 1 aliphatic rings. The van der Waals surface area contributed by atoms with Crippen LogP contribution in [0.2, 0.25) is 0 Å². The molecule has 0 saturated carbocycles. The molecular formula is C21H23N5. The number of pyridine rings is 1. The number of nitrogens with zero attached hydrogens (tertiary/aromatic N) is 4. The first-order chi connectivity index (χ1) is 12.8. The van der Waals surface area contributed by atoms with Gasteiger partial charge in [0.05, 0.1) is 0 Å². The number of rotatable bonds is 5. The third kappa shape index (κ3) is 3.58. The fourth-order valence-electron chi connectivity index (χ4n) is 3.59. The second kappa shape index (κ2) is 7.62. The van der Waals surface area contributed by atoms with Crippen LogP contribution >= 0.6 is 0 Å². The van der Waals surface area contributed by atoms with Crippen molar-refractivity contribution in [1.82, 2.24) is 19.9 Å². The van der Waals surface area contributed by atoms with Gasteiger partial charge in [0.1, 0.15) is 5.82 Å². The fraction of sp³-hybridized carbons (Fsp3) is 0.286. The minimum absolute atomic E-state index is 0.430. The molecule has 26 heavy (non-hydrogen) atoms. The topological polar surface area (TPSA) is 53.9 Å². The summed E-state index contributed by atoms with van der Waals surface area (Å²) in [7, 11) is 1.91. The van der Waals surface area contributed by atoms with Crippen LogP contribution in [0.5, 0.6) is 0 Å². The number of likely N-dealkylation sites (tertiary alicyclic amines) is 1. The van der Waals surface area contributed by atoms with Crippen LogP contribution in [0.15, 0.2) is 61.1 Å². The average Bonchev–Trinajstić information content (AvgIpc) is 3.17. The molecule has 1 aromatic carbocycles. The van der Waals surface area contributed by atoms with E-state index in [9.17, 15) is 0 Å². The van der Waals surface area contributed by atoms with Crippen molar-refractivity contribution in [2.75, 3.05) is 18.9 Å². The van der Waals surface area contributed by atoms with E-state index in [1.165, 1.54) is 18.4 Å². The highest BCUT2D eigenvalue weighted by molar-refractivity contribution is 5.53. The lowest BCUT2D eigenvalue weighted by molar-refractivity contribution is 0.248. The summed E-state index contributed by atoms with van der Waals surface area (Å²) < 4.78 is 0. The second-order valence-corrected chi connectivity index (χ2v) is 6.63. The Morgan fingerprint density at radius 1 is 1.08 bits per heavy atom. The first-order valence-corrected chi connectivity index (χ1v) is 9.07. The Morgan fingerprint density at radius 3 is 2.65 bits per heavy atom. The molecule has 5 heteroatoms. The molecular weight excluding hydrogens is 322 g/mol. The van der Waals surface area contributed by atoms with Crippen molar-refractivity contribution in [3.05, 3.63) is 72.2 Å². The Labute approximate surface area is 154 Å². The molecule has 3 heterocycles. The molecule has 1 N–H and O–H groups in total. The van der Waals surface area contributed by atoms with Gasteiger partial charge in [0.25, 0.3) is 0 Å². The van der Waals surface area contributed by atoms with Crippen LogP contribution in [-0.4, -0.2) is 33.4 Å². The number of nitrogens with one attached hydrogen (secondary N) is 1. The molecule has 132 valence electrons. The number of aromatic nitrogens is 3. The first kappa shape index (κ1) is 16.7. The van der Waals surface area contributed by atoms with Crippen LogP contribution in [0.25, 0.3) is 11.4 Å². The zero-order valence-corrected chi connectivity index (χ0v) is 15.0. The minimum Gasteiger partial charge on any atom is -0.373 e. The van der Waals surface area contributed by atoms with Gasteiger partial charge in [-0.1, -0.05) is 30.3 Å². The monoisotopic (exact) mass is 345 g/mol. The highest BCUT2D eigenvalue weighted by atomic mass is 15.2. The molecule has 1 atom stereocenters. The summed E-state index contributed by atoms with van der Waals surface area (Å²) in [5, 5.41) is 3.13. The predicted molar refractivity (Wildman–Crippen MR) is 104 cm³/mol. The van der Waals surface area contributed by atoms with Gasteiger partial charge in [0, 0.05) is 49.4 Å². The van der Waals surface area contributed by atoms with Crippen LogP contribution in [0, 0.1) is 0 Å². The van der Waals surface area contributed by atoms with Crippen molar-refractivity contribution in [3.63, 3.8) is 0 Å². The maximum atomic E-state index is 4.56. The van der Waals surface area contributed by atoms with E-state index in [1.807, 2.05) is 56.0 Å². The number of hydrogen-bond donors (Lipinski definition) is 1. The average molecular weight is 345 g/mol. The van der Waals surface area contributed by atoms with Crippen molar-refractivity contribution in [1.29, 1.82) is 0 Å². The van der Waals surface area contributed by atoms with E-state index in [0.717, 1.165) is 35.9 Å². The van der Waals surface area contributed by atoms with Crippen LogP contribution in [0.4, 0.5) is 5.82 Å². The predicted octanol–water partition coefficient (Wildman–Crippen LogP) is 3.92. The molecule has 2 aromatic heterocycles. The molecule has 4 rings (SSSR count). The number of benzene rings is 1. The summed E-state index contributed by atoms with van der Waals surface area (Å²) in [6.07, 6.45) is 8.18. The Balaban J connectivity index is 1.49. The highest BCUT2D eigenvalue weighted by Crippen LogP contribution is 2.33. The Kier molecular flexibility index (Phi) is 4.88. The van der Waals surface area contributed by atoms with Crippen LogP contribution in [0.3, 0.4) is 0 Å². The van der Waals surface area contributed by atoms with Crippen LogP contribution in [0.1, 0.15) is 30.0 Å². The number of anilines is 1. The maximum Gasteiger partial charge on any atom is 0.159 e. The van der Waals surface area contributed by atoms with Crippen molar-refractivity contribution in [3.8, 4) is 11.4 Å². The minimum atomic E-state index is 0.430. The summed E-state index contributed by atoms with van der Waals surface area (Å²) >= 11 is 0. The molecule has 0 unspecified atom stereocenters. The SMILES string of the molecule is CNc1cc([C@@H]2CCCN2Cc2cnc(-c3ccccc3)nc2)ccn1. The van der Waals surface area contributed by atoms with Gasteiger partial charge >= 0.3 is 0 Å². The van der Waals surface area contributed by atoms with Crippen LogP contribution < -0.4 is 5.32 Å². The van der Waals surface area contributed by atoms with Gasteiger partial charge in [-0.2, -0.15) is 0 Å². The van der Waals surface area contributed by atoms with Gasteiger partial charge in [-0.3, -0.25) is 4.90 Å². The fourth-order valence-corrected chi connectivity index (χ4v) is 3.59. The van der Waals surface area contributed by atoms with Gasteiger partial charge in [-0.25, -0.2) is 15.0 Å². The lowest BCUT2D eigenvalue weighted by atomic mass is 10.1. The molecule has 1 aliphatic heterocycles. The highest BCUT2D eigenvalue weighted by Gasteiger charge is 2.26. The van der Waals surface area contributed by atoms with Crippen LogP contribution in [-0.2, 0) is 6.54 Å². The Bertz CT molecular complexity index is 848. The molecule has 1 fully saturated rings. The molecule has 3 aromatic rings. The summed E-state index contributed by atoms with van der Waals surface area (Å²) in [5.41, 5.74) is 3.53. The normalized spacial score (nSPS) is 17.3. The molecule has 0 bridgehead atoms. The van der Waals surface area contributed by atoms with E-state index >= 15 is 0 Å². The van der Waals surface area contributed by atoms with Crippen molar-refractivity contribution in [2.24, 2.45) is 0 Å². The zero-order valence-electron chi connectivity index (χ0n) is 15.0. The van der Waals surface area contributed by atoms with Crippen molar-refractivity contribution in [2.45, 2.75) is 25.4 Å². The summed E-state index contributed by atoms with van der Waals surface area (Å²) in [4.78, 5) is 16.0. The largest absolute Gasteiger partial charge is 0.373 e. The molecule has 1 saturated heterocycles. The van der Waals surface area contributed by atoms with Gasteiger partial charge in [-0.15, -0.1) is 0 Å². The van der Waals surface area contributed by atoms with E-state index in [2.05, 4.69) is 37.3 Å². The van der Waals surface area contributed by atoms with E-state index in [1.54, 1.807) is 0 Å². The quantitative estimate of drug-likeness (QED) is 0.760. The summed E-state index contributed by atoms with van der Waals surface area (Å²) in [6.45, 7) is 1.97. The lowest BCUT2D eigenvalue weighted by Crippen LogP contribution is -2.23. The Hall–Kier alpha value is -2.79. The zero-order chi connectivity index (χ0) is 17.8. The third-order valence-corrected chi connectivity index (χ3v) is 4.91. The molecule has 0 spiro atoms. The van der Waals surface area contributed by atoms with Gasteiger partial charge in [0.2, 0.25) is 0 Å². The molecule has 5 nitrogen and oxygen atoms in total. The van der Waals surface area contributed by atoms with E-state index < -0.39 is 0 Å².